The van der Waals surface area contributed by atoms with E-state index in [1.165, 1.54) is 0 Å². The first-order chi connectivity index (χ1) is 5.11. The zero-order valence-corrected chi connectivity index (χ0v) is 8.93. The van der Waals surface area contributed by atoms with Crippen LogP contribution in [0.25, 0.3) is 0 Å². The van der Waals surface area contributed by atoms with Crippen LogP contribution in [-0.4, -0.2) is 22.4 Å². The van der Waals surface area contributed by atoms with Crippen molar-refractivity contribution in [3.8, 4) is 0 Å². The number of aliphatic hydroxyl groups is 1. The normalized spacial score (nSPS) is 36.8. The second-order valence-electron chi connectivity index (χ2n) is 5.34. The molecule has 2 heteroatoms. The third-order valence-corrected chi connectivity index (χ3v) is 3.41. The van der Waals surface area contributed by atoms with Gasteiger partial charge in [0.15, 0.2) is 0 Å². The van der Waals surface area contributed by atoms with Crippen molar-refractivity contribution >= 4 is 0 Å². The maximum atomic E-state index is 10.00. The maximum Gasteiger partial charge on any atom is 0.0902 e. The molecule has 1 aliphatic rings. The molecule has 0 aliphatic carbocycles. The first-order valence-corrected chi connectivity index (χ1v) is 4.49. The van der Waals surface area contributed by atoms with Crippen LogP contribution < -0.4 is 0 Å². The number of hydrogen-bond acceptors (Lipinski definition) is 2. The molecule has 0 bridgehead atoms. The Labute approximate surface area is 74.9 Å². The van der Waals surface area contributed by atoms with E-state index in [1.54, 1.807) is 0 Å². The van der Waals surface area contributed by atoms with Crippen molar-refractivity contribution in [2.75, 3.05) is 0 Å². The standard InChI is InChI=1S/C10H20O2/c1-8(2)7(11)9(3,4)12-10(8,5)6/h7,11H,1-6H3. The third-order valence-electron chi connectivity index (χ3n) is 3.41. The van der Waals surface area contributed by atoms with Gasteiger partial charge >= 0.3 is 0 Å². The van der Waals surface area contributed by atoms with E-state index in [2.05, 4.69) is 0 Å². The number of rotatable bonds is 0. The van der Waals surface area contributed by atoms with Crippen molar-refractivity contribution in [1.29, 1.82) is 0 Å². The van der Waals surface area contributed by atoms with Crippen molar-refractivity contribution in [3.05, 3.63) is 0 Å². The molecule has 1 heterocycles. The van der Waals surface area contributed by atoms with E-state index in [1.807, 2.05) is 41.5 Å². The van der Waals surface area contributed by atoms with Gasteiger partial charge in [-0.1, -0.05) is 13.8 Å². The summed E-state index contributed by atoms with van der Waals surface area (Å²) in [5, 5.41) is 10.00. The number of ether oxygens (including phenoxy) is 1. The molecule has 2 nitrogen and oxygen atoms in total. The Morgan fingerprint density at radius 1 is 1.00 bits per heavy atom. The highest BCUT2D eigenvalue weighted by molar-refractivity contribution is 5.06. The van der Waals surface area contributed by atoms with E-state index in [0.717, 1.165) is 0 Å². The van der Waals surface area contributed by atoms with E-state index >= 15 is 0 Å². The Hall–Kier alpha value is -0.0800. The van der Waals surface area contributed by atoms with Crippen LogP contribution in [0.3, 0.4) is 0 Å². The van der Waals surface area contributed by atoms with Crippen molar-refractivity contribution in [2.24, 2.45) is 5.41 Å². The molecule has 1 aliphatic heterocycles. The van der Waals surface area contributed by atoms with Gasteiger partial charge in [0, 0.05) is 5.41 Å². The molecule has 1 unspecified atom stereocenters. The molecule has 1 saturated heterocycles. The predicted molar refractivity (Wildman–Crippen MR) is 49.0 cm³/mol. The molecule has 0 saturated carbocycles. The molecule has 0 amide bonds. The number of aliphatic hydroxyl groups excluding tert-OH is 1. The highest BCUT2D eigenvalue weighted by atomic mass is 16.5. The van der Waals surface area contributed by atoms with Crippen LogP contribution in [0.15, 0.2) is 0 Å². The van der Waals surface area contributed by atoms with Gasteiger partial charge in [0.2, 0.25) is 0 Å². The van der Waals surface area contributed by atoms with Crippen LogP contribution >= 0.6 is 0 Å². The highest BCUT2D eigenvalue weighted by Gasteiger charge is 2.58. The minimum Gasteiger partial charge on any atom is -0.389 e. The summed E-state index contributed by atoms with van der Waals surface area (Å²) in [5.74, 6) is 0. The molecule has 0 aromatic heterocycles. The quantitative estimate of drug-likeness (QED) is 0.605. The van der Waals surface area contributed by atoms with E-state index in [-0.39, 0.29) is 11.0 Å². The van der Waals surface area contributed by atoms with Gasteiger partial charge in [-0.15, -0.1) is 0 Å². The Kier molecular flexibility index (Phi) is 1.86. The summed E-state index contributed by atoms with van der Waals surface area (Å²) in [7, 11) is 0. The van der Waals surface area contributed by atoms with Crippen LogP contribution in [0.4, 0.5) is 0 Å². The van der Waals surface area contributed by atoms with Crippen LogP contribution in [-0.2, 0) is 4.74 Å². The molecule has 72 valence electrons. The van der Waals surface area contributed by atoms with Gasteiger partial charge in [-0.05, 0) is 27.7 Å². The van der Waals surface area contributed by atoms with Crippen molar-refractivity contribution in [2.45, 2.75) is 58.8 Å². The molecule has 1 N–H and O–H groups in total. The lowest BCUT2D eigenvalue weighted by molar-refractivity contribution is -0.0947. The largest absolute Gasteiger partial charge is 0.389 e. The first kappa shape index (κ1) is 10.0. The molecule has 1 atom stereocenters. The van der Waals surface area contributed by atoms with Gasteiger partial charge in [-0.25, -0.2) is 0 Å². The molecule has 0 spiro atoms. The van der Waals surface area contributed by atoms with Gasteiger partial charge in [0.1, 0.15) is 0 Å². The van der Waals surface area contributed by atoms with Crippen LogP contribution in [0, 0.1) is 5.41 Å². The summed E-state index contributed by atoms with van der Waals surface area (Å²) in [5.41, 5.74) is -0.862. The van der Waals surface area contributed by atoms with E-state index in [4.69, 9.17) is 4.74 Å². The summed E-state index contributed by atoms with van der Waals surface area (Å²) < 4.78 is 5.81. The lowest BCUT2D eigenvalue weighted by atomic mass is 9.72. The zero-order chi connectivity index (χ0) is 9.78. The fourth-order valence-corrected chi connectivity index (χ4v) is 2.04. The molecule has 0 aromatic carbocycles. The van der Waals surface area contributed by atoms with Crippen molar-refractivity contribution in [1.82, 2.24) is 0 Å². The van der Waals surface area contributed by atoms with Gasteiger partial charge in [0.25, 0.3) is 0 Å². The Morgan fingerprint density at radius 3 is 1.50 bits per heavy atom. The molecule has 0 aromatic rings. The van der Waals surface area contributed by atoms with Gasteiger partial charge in [0.05, 0.1) is 17.3 Å². The van der Waals surface area contributed by atoms with Gasteiger partial charge in [-0.3, -0.25) is 0 Å². The van der Waals surface area contributed by atoms with Gasteiger partial charge in [-0.2, -0.15) is 0 Å². The van der Waals surface area contributed by atoms with Crippen LogP contribution in [0.5, 0.6) is 0 Å². The average Bonchev–Trinajstić information content (AvgIpc) is 1.90. The van der Waals surface area contributed by atoms with E-state index < -0.39 is 11.7 Å². The summed E-state index contributed by atoms with van der Waals surface area (Å²) in [6.45, 7) is 12.0. The van der Waals surface area contributed by atoms with Crippen molar-refractivity contribution < 1.29 is 9.84 Å². The van der Waals surface area contributed by atoms with Gasteiger partial charge < -0.3 is 9.84 Å². The van der Waals surface area contributed by atoms with Crippen molar-refractivity contribution in [3.63, 3.8) is 0 Å². The Balaban J connectivity index is 3.05. The van der Waals surface area contributed by atoms with Crippen LogP contribution in [0.1, 0.15) is 41.5 Å². The van der Waals surface area contributed by atoms with E-state index in [0.29, 0.717) is 0 Å². The lowest BCUT2D eigenvalue weighted by Gasteiger charge is -2.34. The monoisotopic (exact) mass is 172 g/mol. The first-order valence-electron chi connectivity index (χ1n) is 4.49. The SMILES string of the molecule is CC1(C)OC(C)(C)C(C)(C)C1O. The minimum atomic E-state index is -0.424. The maximum absolute atomic E-state index is 10.00. The summed E-state index contributed by atoms with van der Waals surface area (Å²) in [6, 6.07) is 0. The fourth-order valence-electron chi connectivity index (χ4n) is 2.04. The fraction of sp³-hybridized carbons (Fsp3) is 1.00. The average molecular weight is 172 g/mol. The second-order valence-corrected chi connectivity index (χ2v) is 5.34. The molecule has 0 radical (unpaired) electrons. The lowest BCUT2D eigenvalue weighted by Crippen LogP contribution is -2.42. The summed E-state index contributed by atoms with van der Waals surface area (Å²) in [4.78, 5) is 0. The minimum absolute atomic E-state index is 0.184. The second kappa shape index (κ2) is 2.24. The molecular formula is C10H20O2. The summed E-state index contributed by atoms with van der Waals surface area (Å²) in [6.07, 6.45) is -0.403. The highest BCUT2D eigenvalue weighted by Crippen LogP contribution is 2.50. The Morgan fingerprint density at radius 2 is 1.42 bits per heavy atom. The molecule has 12 heavy (non-hydrogen) atoms. The Bertz CT molecular complexity index is 192. The topological polar surface area (TPSA) is 29.5 Å². The van der Waals surface area contributed by atoms with Crippen LogP contribution in [0.2, 0.25) is 0 Å². The zero-order valence-electron chi connectivity index (χ0n) is 8.93. The predicted octanol–water partition coefficient (Wildman–Crippen LogP) is 1.96. The third kappa shape index (κ3) is 1.09. The molecule has 1 fully saturated rings. The smallest absolute Gasteiger partial charge is 0.0902 e. The molecule has 1 rings (SSSR count). The van der Waals surface area contributed by atoms with E-state index in [9.17, 15) is 5.11 Å². The summed E-state index contributed by atoms with van der Waals surface area (Å²) >= 11 is 0. The number of hydrogen-bond donors (Lipinski definition) is 1. The molecular weight excluding hydrogens is 152 g/mol.